The zero-order chi connectivity index (χ0) is 9.26. The van der Waals surface area contributed by atoms with Crippen LogP contribution in [0.1, 0.15) is 5.82 Å². The summed E-state index contributed by atoms with van der Waals surface area (Å²) in [6, 6.07) is 3.47. The molecule has 0 bridgehead atoms. The second kappa shape index (κ2) is 3.27. The lowest BCUT2D eigenvalue weighted by molar-refractivity contribution is 0.718. The molecule has 0 aliphatic heterocycles. The number of hydrogen-bond donors (Lipinski definition) is 1. The number of aromatic nitrogens is 4. The summed E-state index contributed by atoms with van der Waals surface area (Å²) in [5.74, 6) is 0.750. The predicted molar refractivity (Wildman–Crippen MR) is 48.6 cm³/mol. The molecule has 68 valence electrons. The normalized spacial score (nSPS) is 10.9. The lowest BCUT2D eigenvalue weighted by atomic mass is 10.5. The molecule has 0 saturated carbocycles. The molecule has 2 heterocycles. The fourth-order valence-electron chi connectivity index (χ4n) is 1.08. The third-order valence-corrected chi connectivity index (χ3v) is 1.83. The standard InChI is InChI=1S/C7H8ClN5/c1-9-4-7-11-10-6-3-2-5(8)12-13(6)7/h2-3,9H,4H2,1H3. The second-order valence-electron chi connectivity index (χ2n) is 2.57. The molecular weight excluding hydrogens is 190 g/mol. The van der Waals surface area contributed by atoms with Crippen LogP contribution in [0.2, 0.25) is 5.15 Å². The van der Waals surface area contributed by atoms with Crippen LogP contribution >= 0.6 is 11.6 Å². The summed E-state index contributed by atoms with van der Waals surface area (Å²) in [5.41, 5.74) is 0.703. The third-order valence-electron chi connectivity index (χ3n) is 1.63. The Labute approximate surface area is 79.7 Å². The van der Waals surface area contributed by atoms with E-state index in [1.54, 1.807) is 16.6 Å². The van der Waals surface area contributed by atoms with E-state index in [0.717, 1.165) is 5.82 Å². The van der Waals surface area contributed by atoms with Gasteiger partial charge in [0, 0.05) is 0 Å². The van der Waals surface area contributed by atoms with E-state index in [-0.39, 0.29) is 0 Å². The van der Waals surface area contributed by atoms with Gasteiger partial charge in [-0.2, -0.15) is 9.61 Å². The number of nitrogens with one attached hydrogen (secondary N) is 1. The van der Waals surface area contributed by atoms with Gasteiger partial charge < -0.3 is 5.32 Å². The quantitative estimate of drug-likeness (QED) is 0.762. The zero-order valence-electron chi connectivity index (χ0n) is 7.03. The first-order valence-corrected chi connectivity index (χ1v) is 4.20. The SMILES string of the molecule is CNCc1nnc2ccc(Cl)nn12. The number of fused-ring (bicyclic) bond motifs is 1. The van der Waals surface area contributed by atoms with Crippen LogP contribution in [0.5, 0.6) is 0 Å². The van der Waals surface area contributed by atoms with Crippen LogP contribution in [0.25, 0.3) is 5.65 Å². The smallest absolute Gasteiger partial charge is 0.178 e. The van der Waals surface area contributed by atoms with Gasteiger partial charge in [-0.15, -0.1) is 10.2 Å². The summed E-state index contributed by atoms with van der Waals surface area (Å²) >= 11 is 5.74. The van der Waals surface area contributed by atoms with Crippen LogP contribution in [0.3, 0.4) is 0 Å². The van der Waals surface area contributed by atoms with E-state index >= 15 is 0 Å². The maximum absolute atomic E-state index is 5.74. The highest BCUT2D eigenvalue weighted by Gasteiger charge is 2.04. The molecule has 0 aliphatic carbocycles. The molecule has 1 N–H and O–H groups in total. The van der Waals surface area contributed by atoms with Gasteiger partial charge in [0.2, 0.25) is 0 Å². The van der Waals surface area contributed by atoms with Crippen LogP contribution in [0.15, 0.2) is 12.1 Å². The molecule has 0 amide bonds. The van der Waals surface area contributed by atoms with E-state index in [2.05, 4.69) is 20.6 Å². The van der Waals surface area contributed by atoms with E-state index in [0.29, 0.717) is 17.3 Å². The Balaban J connectivity index is 2.58. The lowest BCUT2D eigenvalue weighted by Crippen LogP contribution is -2.10. The Morgan fingerprint density at radius 1 is 1.46 bits per heavy atom. The molecule has 2 rings (SSSR count). The van der Waals surface area contributed by atoms with Crippen molar-refractivity contribution in [1.82, 2.24) is 25.1 Å². The molecule has 2 aromatic rings. The number of rotatable bonds is 2. The topological polar surface area (TPSA) is 55.1 Å². The largest absolute Gasteiger partial charge is 0.313 e. The highest BCUT2D eigenvalue weighted by atomic mass is 35.5. The Morgan fingerprint density at radius 2 is 2.31 bits per heavy atom. The van der Waals surface area contributed by atoms with Gasteiger partial charge in [-0.1, -0.05) is 11.6 Å². The highest BCUT2D eigenvalue weighted by Crippen LogP contribution is 2.06. The first kappa shape index (κ1) is 8.40. The Morgan fingerprint density at radius 3 is 3.08 bits per heavy atom. The summed E-state index contributed by atoms with van der Waals surface area (Å²) in [7, 11) is 1.84. The van der Waals surface area contributed by atoms with Gasteiger partial charge in [-0.05, 0) is 19.2 Å². The van der Waals surface area contributed by atoms with Crippen molar-refractivity contribution < 1.29 is 0 Å². The van der Waals surface area contributed by atoms with Gasteiger partial charge in [0.25, 0.3) is 0 Å². The van der Waals surface area contributed by atoms with E-state index in [1.807, 2.05) is 7.05 Å². The second-order valence-corrected chi connectivity index (χ2v) is 2.96. The van der Waals surface area contributed by atoms with Crippen LogP contribution in [0.4, 0.5) is 0 Å². The molecule has 0 spiro atoms. The minimum absolute atomic E-state index is 0.435. The van der Waals surface area contributed by atoms with E-state index in [9.17, 15) is 0 Å². The first-order valence-electron chi connectivity index (χ1n) is 3.82. The molecule has 2 aromatic heterocycles. The van der Waals surface area contributed by atoms with Gasteiger partial charge in [0.05, 0.1) is 6.54 Å². The van der Waals surface area contributed by atoms with Gasteiger partial charge in [-0.3, -0.25) is 0 Å². The number of hydrogen-bond acceptors (Lipinski definition) is 4. The third kappa shape index (κ3) is 1.48. The van der Waals surface area contributed by atoms with E-state index < -0.39 is 0 Å². The average Bonchev–Trinajstić information content (AvgIpc) is 2.49. The van der Waals surface area contributed by atoms with E-state index in [1.165, 1.54) is 0 Å². The fraction of sp³-hybridized carbons (Fsp3) is 0.286. The van der Waals surface area contributed by atoms with Crippen molar-refractivity contribution in [3.63, 3.8) is 0 Å². The molecule has 0 atom stereocenters. The van der Waals surface area contributed by atoms with Gasteiger partial charge >= 0.3 is 0 Å². The predicted octanol–water partition coefficient (Wildman–Crippen LogP) is 0.497. The molecule has 0 fully saturated rings. The molecule has 0 radical (unpaired) electrons. The monoisotopic (exact) mass is 197 g/mol. The zero-order valence-corrected chi connectivity index (χ0v) is 7.78. The van der Waals surface area contributed by atoms with Crippen molar-refractivity contribution >= 4 is 17.2 Å². The molecule has 0 aromatic carbocycles. The summed E-state index contributed by atoms with van der Waals surface area (Å²) in [5, 5.41) is 15.4. The van der Waals surface area contributed by atoms with Crippen molar-refractivity contribution in [3.05, 3.63) is 23.1 Å². The molecular formula is C7H8ClN5. The summed E-state index contributed by atoms with van der Waals surface area (Å²) in [4.78, 5) is 0. The summed E-state index contributed by atoms with van der Waals surface area (Å²) in [6.07, 6.45) is 0. The maximum atomic E-state index is 5.74. The first-order chi connectivity index (χ1) is 6.31. The molecule has 0 saturated heterocycles. The molecule has 6 heteroatoms. The van der Waals surface area contributed by atoms with Crippen molar-refractivity contribution in [2.45, 2.75) is 6.54 Å². The van der Waals surface area contributed by atoms with Crippen LogP contribution in [-0.2, 0) is 6.54 Å². The lowest BCUT2D eigenvalue weighted by Gasteiger charge is -1.96. The van der Waals surface area contributed by atoms with Crippen molar-refractivity contribution in [2.75, 3.05) is 7.05 Å². The molecule has 0 aliphatic rings. The summed E-state index contributed by atoms with van der Waals surface area (Å²) in [6.45, 7) is 0.620. The molecule has 0 unspecified atom stereocenters. The van der Waals surface area contributed by atoms with Crippen molar-refractivity contribution in [3.8, 4) is 0 Å². The van der Waals surface area contributed by atoms with Crippen LogP contribution in [-0.4, -0.2) is 26.9 Å². The van der Waals surface area contributed by atoms with Crippen LogP contribution < -0.4 is 5.32 Å². The minimum Gasteiger partial charge on any atom is -0.313 e. The minimum atomic E-state index is 0.435. The summed E-state index contributed by atoms with van der Waals surface area (Å²) < 4.78 is 1.62. The Kier molecular flexibility index (Phi) is 2.12. The van der Waals surface area contributed by atoms with Crippen molar-refractivity contribution in [2.24, 2.45) is 0 Å². The maximum Gasteiger partial charge on any atom is 0.178 e. The Hall–Kier alpha value is -1.20. The van der Waals surface area contributed by atoms with E-state index in [4.69, 9.17) is 11.6 Å². The number of nitrogens with zero attached hydrogens (tertiary/aromatic N) is 4. The number of halogens is 1. The van der Waals surface area contributed by atoms with Gasteiger partial charge in [0.1, 0.15) is 5.15 Å². The fourth-order valence-corrected chi connectivity index (χ4v) is 1.22. The van der Waals surface area contributed by atoms with Gasteiger partial charge in [-0.25, -0.2) is 0 Å². The average molecular weight is 198 g/mol. The molecule has 5 nitrogen and oxygen atoms in total. The van der Waals surface area contributed by atoms with Gasteiger partial charge in [0.15, 0.2) is 11.5 Å². The van der Waals surface area contributed by atoms with Crippen molar-refractivity contribution in [1.29, 1.82) is 0 Å². The van der Waals surface area contributed by atoms with Crippen LogP contribution in [0, 0.1) is 0 Å². The Bertz CT molecular complexity index is 424. The highest BCUT2D eigenvalue weighted by molar-refractivity contribution is 6.29. The molecule has 13 heavy (non-hydrogen) atoms.